The Kier molecular flexibility index (Phi) is 5.15. The third kappa shape index (κ3) is 4.49. The number of carbonyl (C=O) groups excluding carboxylic acids is 1. The quantitative estimate of drug-likeness (QED) is 0.482. The smallest absolute Gasteiger partial charge is 0.336 e. The van der Waals surface area contributed by atoms with Gasteiger partial charge in [0.2, 0.25) is 5.91 Å². The standard InChI is InChI=1S/C16H17NO4/c1-2-15(18)17-9-3-4-10-20-13-7-5-12-6-8-16(19)21-14(12)11-13/h2,5-8,11H,1,3-4,9-10H2,(H,17,18). The van der Waals surface area contributed by atoms with E-state index in [0.29, 0.717) is 24.5 Å². The number of hydrogen-bond acceptors (Lipinski definition) is 4. The van der Waals surface area contributed by atoms with Crippen LogP contribution in [0.3, 0.4) is 0 Å². The first-order chi connectivity index (χ1) is 10.2. The van der Waals surface area contributed by atoms with E-state index in [1.54, 1.807) is 12.1 Å². The van der Waals surface area contributed by atoms with E-state index in [1.165, 1.54) is 12.1 Å². The molecule has 110 valence electrons. The van der Waals surface area contributed by atoms with Crippen LogP contribution in [0, 0.1) is 0 Å². The molecule has 0 radical (unpaired) electrons. The molecule has 0 saturated carbocycles. The van der Waals surface area contributed by atoms with Gasteiger partial charge in [0.05, 0.1) is 6.61 Å². The number of hydrogen-bond donors (Lipinski definition) is 1. The summed E-state index contributed by atoms with van der Waals surface area (Å²) in [5.41, 5.74) is 0.135. The molecule has 1 amide bonds. The predicted molar refractivity (Wildman–Crippen MR) is 80.4 cm³/mol. The summed E-state index contributed by atoms with van der Waals surface area (Å²) in [4.78, 5) is 22.1. The number of ether oxygens (including phenoxy) is 1. The minimum Gasteiger partial charge on any atom is -0.493 e. The molecule has 0 unspecified atom stereocenters. The molecule has 5 nitrogen and oxygen atoms in total. The molecular weight excluding hydrogens is 270 g/mol. The highest BCUT2D eigenvalue weighted by Gasteiger charge is 2.00. The lowest BCUT2D eigenvalue weighted by Gasteiger charge is -2.07. The molecule has 0 aliphatic rings. The van der Waals surface area contributed by atoms with Gasteiger partial charge in [-0.25, -0.2) is 4.79 Å². The van der Waals surface area contributed by atoms with Gasteiger partial charge in [-0.3, -0.25) is 4.79 Å². The van der Waals surface area contributed by atoms with Crippen molar-refractivity contribution in [2.24, 2.45) is 0 Å². The highest BCUT2D eigenvalue weighted by Crippen LogP contribution is 2.19. The van der Waals surface area contributed by atoms with Gasteiger partial charge < -0.3 is 14.5 Å². The Morgan fingerprint density at radius 2 is 2.10 bits per heavy atom. The first-order valence-electron chi connectivity index (χ1n) is 6.76. The van der Waals surface area contributed by atoms with Crippen LogP contribution in [0.2, 0.25) is 0 Å². The average molecular weight is 287 g/mol. The molecule has 0 bridgehead atoms. The third-order valence-corrected chi connectivity index (χ3v) is 2.92. The van der Waals surface area contributed by atoms with Crippen LogP contribution in [0.15, 0.2) is 52.2 Å². The summed E-state index contributed by atoms with van der Waals surface area (Å²) in [5.74, 6) is 0.493. The maximum absolute atomic E-state index is 11.2. The molecule has 0 spiro atoms. The summed E-state index contributed by atoms with van der Waals surface area (Å²) < 4.78 is 10.7. The lowest BCUT2D eigenvalue weighted by molar-refractivity contribution is -0.116. The average Bonchev–Trinajstić information content (AvgIpc) is 2.49. The van der Waals surface area contributed by atoms with Gasteiger partial charge in [0.15, 0.2) is 0 Å². The first kappa shape index (κ1) is 14.8. The zero-order valence-corrected chi connectivity index (χ0v) is 11.6. The number of unbranched alkanes of at least 4 members (excludes halogenated alkanes) is 1. The second-order valence-corrected chi connectivity index (χ2v) is 4.50. The molecule has 0 saturated heterocycles. The summed E-state index contributed by atoms with van der Waals surface area (Å²) in [7, 11) is 0. The molecule has 21 heavy (non-hydrogen) atoms. The molecule has 5 heteroatoms. The maximum atomic E-state index is 11.2. The summed E-state index contributed by atoms with van der Waals surface area (Å²) in [6, 6.07) is 8.49. The molecule has 1 N–H and O–H groups in total. The molecule has 1 heterocycles. The zero-order valence-electron chi connectivity index (χ0n) is 11.6. The van der Waals surface area contributed by atoms with Crippen molar-refractivity contribution in [3.05, 3.63) is 53.4 Å². The fraction of sp³-hybridized carbons (Fsp3) is 0.250. The van der Waals surface area contributed by atoms with Gasteiger partial charge in [0.1, 0.15) is 11.3 Å². The van der Waals surface area contributed by atoms with Gasteiger partial charge >= 0.3 is 5.63 Å². The molecule has 1 aromatic heterocycles. The van der Waals surface area contributed by atoms with Crippen LogP contribution >= 0.6 is 0 Å². The zero-order chi connectivity index (χ0) is 15.1. The van der Waals surface area contributed by atoms with Crippen LogP contribution in [0.5, 0.6) is 5.75 Å². The van der Waals surface area contributed by atoms with Crippen molar-refractivity contribution in [1.29, 1.82) is 0 Å². The fourth-order valence-corrected chi connectivity index (χ4v) is 1.83. The van der Waals surface area contributed by atoms with Crippen LogP contribution in [0.4, 0.5) is 0 Å². The molecule has 0 fully saturated rings. The van der Waals surface area contributed by atoms with E-state index in [9.17, 15) is 9.59 Å². The van der Waals surface area contributed by atoms with E-state index in [-0.39, 0.29) is 11.5 Å². The van der Waals surface area contributed by atoms with E-state index in [4.69, 9.17) is 9.15 Å². The normalized spacial score (nSPS) is 10.3. The Balaban J connectivity index is 1.79. The van der Waals surface area contributed by atoms with Gasteiger partial charge in [-0.2, -0.15) is 0 Å². The van der Waals surface area contributed by atoms with Gasteiger partial charge in [-0.05, 0) is 37.1 Å². The fourth-order valence-electron chi connectivity index (χ4n) is 1.83. The van der Waals surface area contributed by atoms with E-state index < -0.39 is 0 Å². The van der Waals surface area contributed by atoms with Gasteiger partial charge in [-0.1, -0.05) is 6.58 Å². The van der Waals surface area contributed by atoms with E-state index in [2.05, 4.69) is 11.9 Å². The second kappa shape index (κ2) is 7.28. The molecule has 2 aromatic rings. The van der Waals surface area contributed by atoms with E-state index in [0.717, 1.165) is 18.2 Å². The van der Waals surface area contributed by atoms with Crippen LogP contribution < -0.4 is 15.7 Å². The Hall–Kier alpha value is -2.56. The maximum Gasteiger partial charge on any atom is 0.336 e. The second-order valence-electron chi connectivity index (χ2n) is 4.50. The van der Waals surface area contributed by atoms with Crippen molar-refractivity contribution in [3.8, 4) is 5.75 Å². The van der Waals surface area contributed by atoms with Gasteiger partial charge in [0, 0.05) is 24.1 Å². The van der Waals surface area contributed by atoms with Crippen LogP contribution in [-0.4, -0.2) is 19.1 Å². The summed E-state index contributed by atoms with van der Waals surface area (Å²) in [5, 5.41) is 3.55. The minimum absolute atomic E-state index is 0.166. The molecule has 0 aliphatic carbocycles. The predicted octanol–water partition coefficient (Wildman–Crippen LogP) is 2.25. The molecule has 0 atom stereocenters. The molecule has 0 aliphatic heterocycles. The Labute approximate surface area is 122 Å². The van der Waals surface area contributed by atoms with Crippen molar-refractivity contribution in [2.75, 3.05) is 13.2 Å². The SMILES string of the molecule is C=CC(=O)NCCCCOc1ccc2ccc(=O)oc2c1. The Morgan fingerprint density at radius 3 is 2.90 bits per heavy atom. The van der Waals surface area contributed by atoms with Gasteiger partial charge in [0.25, 0.3) is 0 Å². The Morgan fingerprint density at radius 1 is 1.29 bits per heavy atom. The number of carbonyl (C=O) groups is 1. The van der Waals surface area contributed by atoms with Crippen LogP contribution in [0.25, 0.3) is 11.0 Å². The topological polar surface area (TPSA) is 68.5 Å². The largest absolute Gasteiger partial charge is 0.493 e. The van der Waals surface area contributed by atoms with E-state index in [1.807, 2.05) is 12.1 Å². The Bertz CT molecular complexity index is 690. The number of rotatable bonds is 7. The monoisotopic (exact) mass is 287 g/mol. The lowest BCUT2D eigenvalue weighted by atomic mass is 10.2. The van der Waals surface area contributed by atoms with Crippen molar-refractivity contribution in [2.45, 2.75) is 12.8 Å². The molecule has 1 aromatic carbocycles. The summed E-state index contributed by atoms with van der Waals surface area (Å²) in [6.45, 7) is 4.51. The number of benzene rings is 1. The van der Waals surface area contributed by atoms with Crippen LogP contribution in [0.1, 0.15) is 12.8 Å². The number of amides is 1. The number of fused-ring (bicyclic) bond motifs is 1. The summed E-state index contributed by atoms with van der Waals surface area (Å²) >= 11 is 0. The first-order valence-corrected chi connectivity index (χ1v) is 6.76. The summed E-state index contributed by atoms with van der Waals surface area (Å²) in [6.07, 6.45) is 2.88. The molecular formula is C16H17NO4. The lowest BCUT2D eigenvalue weighted by Crippen LogP contribution is -2.22. The van der Waals surface area contributed by atoms with Crippen molar-refractivity contribution >= 4 is 16.9 Å². The minimum atomic E-state index is -0.377. The van der Waals surface area contributed by atoms with E-state index >= 15 is 0 Å². The van der Waals surface area contributed by atoms with Crippen LogP contribution in [-0.2, 0) is 4.79 Å². The highest BCUT2D eigenvalue weighted by atomic mass is 16.5. The van der Waals surface area contributed by atoms with Crippen molar-refractivity contribution in [1.82, 2.24) is 5.32 Å². The molecule has 2 rings (SSSR count). The number of nitrogens with one attached hydrogen (secondary N) is 1. The van der Waals surface area contributed by atoms with Crippen molar-refractivity contribution in [3.63, 3.8) is 0 Å². The van der Waals surface area contributed by atoms with Gasteiger partial charge in [-0.15, -0.1) is 0 Å². The highest BCUT2D eigenvalue weighted by molar-refractivity contribution is 5.86. The van der Waals surface area contributed by atoms with Crippen molar-refractivity contribution < 1.29 is 13.9 Å². The third-order valence-electron chi connectivity index (χ3n) is 2.92.